The summed E-state index contributed by atoms with van der Waals surface area (Å²) in [4.78, 5) is 3.02. The van der Waals surface area contributed by atoms with Crippen molar-refractivity contribution in [1.29, 1.82) is 0 Å². The van der Waals surface area contributed by atoms with Crippen LogP contribution in [0.1, 0.15) is 17.8 Å². The summed E-state index contributed by atoms with van der Waals surface area (Å²) in [5.74, 6) is 0.788. The highest BCUT2D eigenvalue weighted by Gasteiger charge is 1.98. The largest absolute Gasteiger partial charge is 0.367 e. The van der Waals surface area contributed by atoms with Crippen molar-refractivity contribution in [3.8, 4) is 0 Å². The van der Waals surface area contributed by atoms with E-state index >= 15 is 0 Å². The van der Waals surface area contributed by atoms with Gasteiger partial charge in [0.25, 0.3) is 0 Å². The predicted octanol–water partition coefficient (Wildman–Crippen LogP) is 0.703. The maximum absolute atomic E-state index is 3.88. The topological polar surface area (TPSA) is 70.2 Å². The van der Waals surface area contributed by atoms with E-state index in [0.717, 1.165) is 25.1 Å². The molecule has 0 aliphatic carbocycles. The molecule has 68 valence electrons. The molecule has 0 aliphatic rings. The quantitative estimate of drug-likeness (QED) is 0.722. The van der Waals surface area contributed by atoms with Crippen molar-refractivity contribution < 1.29 is 0 Å². The Labute approximate surface area is 75.6 Å². The third kappa shape index (κ3) is 2.14. The minimum Gasteiger partial charge on any atom is -0.367 e. The molecular formula is C8H11N5. The first-order chi connectivity index (χ1) is 6.45. The number of hydrogen-bond acceptors (Lipinski definition) is 3. The highest BCUT2D eigenvalue weighted by atomic mass is 15.5. The first kappa shape index (κ1) is 7.97. The Kier molecular flexibility index (Phi) is 2.35. The molecule has 5 heteroatoms. The molecular weight excluding hydrogens is 166 g/mol. The summed E-state index contributed by atoms with van der Waals surface area (Å²) in [7, 11) is 0. The van der Waals surface area contributed by atoms with Crippen LogP contribution < -0.4 is 0 Å². The number of nitrogens with one attached hydrogen (secondary N) is 2. The van der Waals surface area contributed by atoms with Gasteiger partial charge < -0.3 is 4.98 Å². The Hall–Kier alpha value is -1.65. The second kappa shape index (κ2) is 3.84. The van der Waals surface area contributed by atoms with Gasteiger partial charge in [-0.2, -0.15) is 5.21 Å². The van der Waals surface area contributed by atoms with Crippen LogP contribution in [0.4, 0.5) is 0 Å². The maximum atomic E-state index is 3.88. The van der Waals surface area contributed by atoms with E-state index in [2.05, 4.69) is 31.7 Å². The van der Waals surface area contributed by atoms with Gasteiger partial charge >= 0.3 is 0 Å². The number of aromatic nitrogens is 5. The van der Waals surface area contributed by atoms with Crippen LogP contribution in [0.5, 0.6) is 0 Å². The summed E-state index contributed by atoms with van der Waals surface area (Å²) < 4.78 is 0. The normalized spacial score (nSPS) is 10.5. The number of nitrogens with zero attached hydrogens (tertiary/aromatic N) is 3. The van der Waals surface area contributed by atoms with Gasteiger partial charge in [0.05, 0.1) is 0 Å². The van der Waals surface area contributed by atoms with E-state index in [1.54, 1.807) is 0 Å². The highest BCUT2D eigenvalue weighted by Crippen LogP contribution is 2.03. The molecule has 0 spiro atoms. The van der Waals surface area contributed by atoms with Gasteiger partial charge in [0.15, 0.2) is 5.82 Å². The third-order valence-corrected chi connectivity index (χ3v) is 1.92. The molecule has 2 rings (SSSR count). The van der Waals surface area contributed by atoms with Gasteiger partial charge in [0, 0.05) is 18.8 Å². The van der Waals surface area contributed by atoms with Gasteiger partial charge in [0.1, 0.15) is 0 Å². The van der Waals surface area contributed by atoms with E-state index in [1.807, 2.05) is 12.4 Å². The van der Waals surface area contributed by atoms with Crippen molar-refractivity contribution in [3.05, 3.63) is 29.8 Å². The van der Waals surface area contributed by atoms with Gasteiger partial charge in [-0.15, -0.1) is 10.2 Å². The summed E-state index contributed by atoms with van der Waals surface area (Å²) in [6.45, 7) is 0. The standard InChI is InChI=1S/C8H11N5/c1(2-7-4-5-9-6-7)3-8-10-12-13-11-8/h4-6,9H,1-3H2,(H,10,11,12,13). The monoisotopic (exact) mass is 177 g/mol. The lowest BCUT2D eigenvalue weighted by Gasteiger charge is -1.93. The second-order valence-electron chi connectivity index (χ2n) is 2.90. The van der Waals surface area contributed by atoms with E-state index in [0.29, 0.717) is 0 Å². The van der Waals surface area contributed by atoms with Gasteiger partial charge in [-0.3, -0.25) is 0 Å². The fraction of sp³-hybridized carbons (Fsp3) is 0.375. The van der Waals surface area contributed by atoms with E-state index < -0.39 is 0 Å². The molecule has 2 N–H and O–H groups in total. The van der Waals surface area contributed by atoms with Crippen molar-refractivity contribution in [2.75, 3.05) is 0 Å². The summed E-state index contributed by atoms with van der Waals surface area (Å²) >= 11 is 0. The van der Waals surface area contributed by atoms with Crippen LogP contribution in [0.2, 0.25) is 0 Å². The average Bonchev–Trinajstić information content (AvgIpc) is 2.75. The van der Waals surface area contributed by atoms with Crippen LogP contribution in [0.3, 0.4) is 0 Å². The van der Waals surface area contributed by atoms with Crippen molar-refractivity contribution >= 4 is 0 Å². The first-order valence-electron chi connectivity index (χ1n) is 4.29. The maximum Gasteiger partial charge on any atom is 0.174 e. The van der Waals surface area contributed by atoms with Gasteiger partial charge in [-0.05, 0) is 24.5 Å². The number of aryl methyl sites for hydroxylation is 2. The van der Waals surface area contributed by atoms with Gasteiger partial charge in [0.2, 0.25) is 0 Å². The molecule has 0 atom stereocenters. The van der Waals surface area contributed by atoms with Crippen molar-refractivity contribution in [2.45, 2.75) is 19.3 Å². The molecule has 0 amide bonds. The summed E-state index contributed by atoms with van der Waals surface area (Å²) in [5, 5.41) is 13.7. The van der Waals surface area contributed by atoms with Crippen molar-refractivity contribution in [3.63, 3.8) is 0 Å². The van der Waals surface area contributed by atoms with Crippen LogP contribution in [0.25, 0.3) is 0 Å². The highest BCUT2D eigenvalue weighted by molar-refractivity contribution is 5.08. The zero-order valence-electron chi connectivity index (χ0n) is 7.20. The molecule has 0 aliphatic heterocycles. The molecule has 0 unspecified atom stereocenters. The Morgan fingerprint density at radius 2 is 2.31 bits per heavy atom. The number of tetrazole rings is 1. The Morgan fingerprint density at radius 3 is 3.00 bits per heavy atom. The Balaban J connectivity index is 1.76. The molecule has 0 bridgehead atoms. The lowest BCUT2D eigenvalue weighted by atomic mass is 10.1. The summed E-state index contributed by atoms with van der Waals surface area (Å²) in [6, 6.07) is 2.08. The summed E-state index contributed by atoms with van der Waals surface area (Å²) in [5.41, 5.74) is 1.32. The van der Waals surface area contributed by atoms with Gasteiger partial charge in [-0.25, -0.2) is 0 Å². The van der Waals surface area contributed by atoms with Crippen LogP contribution >= 0.6 is 0 Å². The third-order valence-electron chi connectivity index (χ3n) is 1.92. The molecule has 0 saturated carbocycles. The number of H-pyrrole nitrogens is 2. The molecule has 2 aromatic rings. The first-order valence-corrected chi connectivity index (χ1v) is 4.29. The fourth-order valence-corrected chi connectivity index (χ4v) is 1.25. The second-order valence-corrected chi connectivity index (χ2v) is 2.90. The molecule has 0 fully saturated rings. The molecule has 5 nitrogen and oxygen atoms in total. The number of rotatable bonds is 4. The van der Waals surface area contributed by atoms with Crippen molar-refractivity contribution in [2.24, 2.45) is 0 Å². The van der Waals surface area contributed by atoms with E-state index in [4.69, 9.17) is 0 Å². The average molecular weight is 177 g/mol. The molecule has 2 heterocycles. The molecule has 0 aromatic carbocycles. The van der Waals surface area contributed by atoms with Crippen LogP contribution in [0, 0.1) is 0 Å². The fourth-order valence-electron chi connectivity index (χ4n) is 1.25. The zero-order valence-corrected chi connectivity index (χ0v) is 7.20. The van der Waals surface area contributed by atoms with Crippen LogP contribution in [-0.4, -0.2) is 25.6 Å². The Morgan fingerprint density at radius 1 is 1.31 bits per heavy atom. The number of hydrogen-bond donors (Lipinski definition) is 2. The lowest BCUT2D eigenvalue weighted by Crippen LogP contribution is -1.91. The molecule has 2 aromatic heterocycles. The van der Waals surface area contributed by atoms with Gasteiger partial charge in [-0.1, -0.05) is 5.21 Å². The zero-order chi connectivity index (χ0) is 8.93. The lowest BCUT2D eigenvalue weighted by molar-refractivity contribution is 0.774. The Bertz CT molecular complexity index is 289. The van der Waals surface area contributed by atoms with Crippen LogP contribution in [0.15, 0.2) is 18.5 Å². The van der Waals surface area contributed by atoms with E-state index in [-0.39, 0.29) is 0 Å². The SMILES string of the molecule is c1cc(CCCc2nn[nH]n2)c[nH]1. The van der Waals surface area contributed by atoms with E-state index in [1.165, 1.54) is 5.56 Å². The van der Waals surface area contributed by atoms with Crippen molar-refractivity contribution in [1.82, 2.24) is 25.6 Å². The van der Waals surface area contributed by atoms with Crippen LogP contribution in [-0.2, 0) is 12.8 Å². The number of aromatic amines is 2. The molecule has 0 radical (unpaired) electrons. The minimum absolute atomic E-state index is 0.788. The summed E-state index contributed by atoms with van der Waals surface area (Å²) in [6.07, 6.45) is 6.93. The van der Waals surface area contributed by atoms with E-state index in [9.17, 15) is 0 Å². The molecule has 13 heavy (non-hydrogen) atoms. The minimum atomic E-state index is 0.788. The molecule has 0 saturated heterocycles. The predicted molar refractivity (Wildman–Crippen MR) is 47.0 cm³/mol. The smallest absolute Gasteiger partial charge is 0.174 e.